The summed E-state index contributed by atoms with van der Waals surface area (Å²) in [6, 6.07) is 12.3. The second-order valence-electron chi connectivity index (χ2n) is 9.10. The highest BCUT2D eigenvalue weighted by molar-refractivity contribution is 5.90. The molecule has 1 N–H and O–H groups in total. The highest BCUT2D eigenvalue weighted by atomic mass is 19.4. The zero-order chi connectivity index (χ0) is 24.3. The van der Waals surface area contributed by atoms with Gasteiger partial charge < -0.3 is 9.84 Å². The quantitative estimate of drug-likeness (QED) is 0.714. The molecule has 2 aliphatic heterocycles. The van der Waals surface area contributed by atoms with Gasteiger partial charge in [-0.1, -0.05) is 36.4 Å². The Morgan fingerprint density at radius 2 is 1.82 bits per heavy atom. The summed E-state index contributed by atoms with van der Waals surface area (Å²) in [6.45, 7) is 2.53. The second-order valence-corrected chi connectivity index (χ2v) is 9.10. The van der Waals surface area contributed by atoms with E-state index >= 15 is 0 Å². The van der Waals surface area contributed by atoms with Crippen LogP contribution >= 0.6 is 0 Å². The molecule has 0 atom stereocenters. The van der Waals surface area contributed by atoms with Crippen molar-refractivity contribution < 1.29 is 27.8 Å². The van der Waals surface area contributed by atoms with Gasteiger partial charge in [-0.3, -0.25) is 14.8 Å². The van der Waals surface area contributed by atoms with Crippen molar-refractivity contribution in [1.29, 1.82) is 0 Å². The molecule has 3 aliphatic rings. The van der Waals surface area contributed by atoms with E-state index in [9.17, 15) is 23.1 Å². The van der Waals surface area contributed by atoms with Gasteiger partial charge in [0.1, 0.15) is 11.2 Å². The zero-order valence-electron chi connectivity index (χ0n) is 18.8. The van der Waals surface area contributed by atoms with Crippen LogP contribution in [-0.4, -0.2) is 72.6 Å². The lowest BCUT2D eigenvalue weighted by Gasteiger charge is -2.49. The van der Waals surface area contributed by atoms with Gasteiger partial charge in [0.05, 0.1) is 12.2 Å². The minimum absolute atomic E-state index is 0.0107. The number of hydrazine groups is 1. The molecule has 1 spiro atoms. The summed E-state index contributed by atoms with van der Waals surface area (Å²) in [5.74, 6) is -1.45. The van der Waals surface area contributed by atoms with Crippen molar-refractivity contribution in [2.75, 3.05) is 45.4 Å². The normalized spacial score (nSPS) is 19.6. The molecule has 2 heterocycles. The molecule has 5 rings (SSSR count). The number of alkyl halides is 3. The highest BCUT2D eigenvalue weighted by Crippen LogP contribution is 2.56. The predicted octanol–water partition coefficient (Wildman–Crippen LogP) is 3.23. The lowest BCUT2D eigenvalue weighted by Crippen LogP contribution is -2.61. The first kappa shape index (κ1) is 22.7. The molecule has 0 saturated carbocycles. The maximum Gasteiger partial charge on any atom is 0.573 e. The molecule has 7 nitrogen and oxygen atoms in total. The van der Waals surface area contributed by atoms with Crippen LogP contribution in [0.5, 0.6) is 5.75 Å². The fraction of sp³-hybridized carbons (Fsp3) is 0.375. The van der Waals surface area contributed by atoms with Crippen molar-refractivity contribution in [1.82, 2.24) is 14.8 Å². The third-order valence-electron chi connectivity index (χ3n) is 6.49. The minimum Gasteiger partial charge on any atom is -0.478 e. The number of carboxylic acid groups (broad SMARTS) is 1. The van der Waals surface area contributed by atoms with Gasteiger partial charge in [-0.2, -0.15) is 5.01 Å². The number of carboxylic acids is 1. The summed E-state index contributed by atoms with van der Waals surface area (Å²) in [5.41, 5.74) is 2.42. The van der Waals surface area contributed by atoms with Crippen molar-refractivity contribution in [2.24, 2.45) is 0 Å². The van der Waals surface area contributed by atoms with Gasteiger partial charge in [0.25, 0.3) is 0 Å². The Morgan fingerprint density at radius 3 is 2.44 bits per heavy atom. The van der Waals surface area contributed by atoms with Crippen molar-refractivity contribution in [3.05, 3.63) is 70.9 Å². The highest BCUT2D eigenvalue weighted by Gasteiger charge is 2.59. The van der Waals surface area contributed by atoms with E-state index in [0.29, 0.717) is 25.2 Å². The molecular formula is C24H25F3N4O3. The van der Waals surface area contributed by atoms with Gasteiger partial charge in [0, 0.05) is 32.3 Å². The van der Waals surface area contributed by atoms with Gasteiger partial charge in [-0.25, -0.2) is 4.79 Å². The Bertz CT molecular complexity index is 1140. The average Bonchev–Trinajstić information content (AvgIpc) is 3.38. The number of ether oxygens (including phenoxy) is 1. The SMILES string of the molecule is CN(C)CN1CCN(N2C=C(C(=O)O)Cc3cccc(OC(F)(F)F)c32)C2(C1)c1ccccc12. The molecular weight excluding hydrogens is 449 g/mol. The van der Waals surface area contributed by atoms with Crippen molar-refractivity contribution in [3.63, 3.8) is 0 Å². The molecule has 0 unspecified atom stereocenters. The molecule has 2 aromatic rings. The van der Waals surface area contributed by atoms with Crippen molar-refractivity contribution >= 4 is 11.7 Å². The molecule has 180 valence electrons. The Morgan fingerprint density at radius 1 is 1.12 bits per heavy atom. The van der Waals surface area contributed by atoms with Crippen LogP contribution in [0, 0.1) is 0 Å². The van der Waals surface area contributed by atoms with E-state index in [-0.39, 0.29) is 23.4 Å². The smallest absolute Gasteiger partial charge is 0.478 e. The number of nitrogens with zero attached hydrogens (tertiary/aromatic N) is 4. The number of anilines is 1. The van der Waals surface area contributed by atoms with Crippen LogP contribution < -0.4 is 9.75 Å². The first-order valence-electron chi connectivity index (χ1n) is 11.0. The largest absolute Gasteiger partial charge is 0.573 e. The van der Waals surface area contributed by atoms with Crippen LogP contribution in [0.25, 0.3) is 0 Å². The number of piperazine rings is 1. The van der Waals surface area contributed by atoms with Crippen molar-refractivity contribution in [2.45, 2.75) is 18.3 Å². The van der Waals surface area contributed by atoms with Gasteiger partial charge in [-0.15, -0.1) is 13.2 Å². The zero-order valence-corrected chi connectivity index (χ0v) is 18.8. The molecule has 0 amide bonds. The van der Waals surface area contributed by atoms with E-state index in [1.165, 1.54) is 18.3 Å². The maximum atomic E-state index is 13.3. The standard InChI is InChI=1S/C24H25F3N4O3/c1-28(2)15-29-10-11-31(23(14-29)18-7-3-4-8-19(18)23)30-13-17(22(32)33)12-16-6-5-9-20(21(16)30)34-24(25,26)27/h3-9,13H,10-12,14-15H2,1-2H3,(H,32,33). The number of hydrogen-bond acceptors (Lipinski definition) is 6. The molecule has 2 aromatic carbocycles. The van der Waals surface area contributed by atoms with E-state index in [0.717, 1.165) is 17.8 Å². The van der Waals surface area contributed by atoms with Crippen LogP contribution in [0.4, 0.5) is 18.9 Å². The van der Waals surface area contributed by atoms with Crippen LogP contribution in [0.15, 0.2) is 54.2 Å². The first-order chi connectivity index (χ1) is 16.1. The van der Waals surface area contributed by atoms with Crippen molar-refractivity contribution in [3.8, 4) is 5.75 Å². The summed E-state index contributed by atoms with van der Waals surface area (Å²) < 4.78 is 44.2. The molecule has 1 saturated heterocycles. The topological polar surface area (TPSA) is 59.5 Å². The first-order valence-corrected chi connectivity index (χ1v) is 11.0. The number of fused-ring (bicyclic) bond motifs is 4. The Balaban J connectivity index is 1.62. The Labute approximate surface area is 195 Å². The minimum atomic E-state index is -4.87. The summed E-state index contributed by atoms with van der Waals surface area (Å²) in [7, 11) is 3.98. The maximum absolute atomic E-state index is 13.3. The summed E-state index contributed by atoms with van der Waals surface area (Å²) in [6.07, 6.45) is -3.42. The molecule has 10 heteroatoms. The van der Waals surface area contributed by atoms with E-state index < -0.39 is 17.9 Å². The molecule has 1 fully saturated rings. The van der Waals surface area contributed by atoms with Gasteiger partial charge >= 0.3 is 12.3 Å². The van der Waals surface area contributed by atoms with E-state index in [1.807, 2.05) is 43.4 Å². The van der Waals surface area contributed by atoms with E-state index in [1.54, 1.807) is 11.1 Å². The van der Waals surface area contributed by atoms with Crippen LogP contribution in [0.2, 0.25) is 0 Å². The van der Waals surface area contributed by atoms with Gasteiger partial charge in [-0.05, 0) is 36.9 Å². The monoisotopic (exact) mass is 474 g/mol. The van der Waals surface area contributed by atoms with E-state index in [2.05, 4.69) is 14.5 Å². The fourth-order valence-electron chi connectivity index (χ4n) is 5.25. The van der Waals surface area contributed by atoms with E-state index in [4.69, 9.17) is 0 Å². The number of aliphatic carboxylic acids is 1. The van der Waals surface area contributed by atoms with Gasteiger partial charge in [0.15, 0.2) is 5.75 Å². The third kappa shape index (κ3) is 3.81. The number of benzene rings is 2. The Hall–Kier alpha value is -3.08. The predicted molar refractivity (Wildman–Crippen MR) is 119 cm³/mol. The van der Waals surface area contributed by atoms with Gasteiger partial charge in [0.2, 0.25) is 0 Å². The second kappa shape index (κ2) is 8.00. The molecule has 0 radical (unpaired) electrons. The fourth-order valence-corrected chi connectivity index (χ4v) is 5.25. The molecule has 0 aromatic heterocycles. The average molecular weight is 474 g/mol. The number of hydrogen-bond donors (Lipinski definition) is 1. The van der Waals surface area contributed by atoms with Crippen LogP contribution in [0.1, 0.15) is 16.7 Å². The van der Waals surface area contributed by atoms with Crippen LogP contribution in [0.3, 0.4) is 0 Å². The number of carbonyl (C=O) groups is 1. The summed E-state index contributed by atoms with van der Waals surface area (Å²) in [4.78, 5) is 16.3. The number of halogens is 3. The lowest BCUT2D eigenvalue weighted by atomic mass is 9.99. The summed E-state index contributed by atoms with van der Waals surface area (Å²) >= 11 is 0. The number of para-hydroxylation sites is 1. The number of rotatable bonds is 5. The lowest BCUT2D eigenvalue weighted by molar-refractivity contribution is -0.274. The molecule has 0 bridgehead atoms. The third-order valence-corrected chi connectivity index (χ3v) is 6.49. The molecule has 34 heavy (non-hydrogen) atoms. The Kier molecular flexibility index (Phi) is 5.34. The molecule has 1 aliphatic carbocycles. The summed E-state index contributed by atoms with van der Waals surface area (Å²) in [5, 5.41) is 13.3. The van der Waals surface area contributed by atoms with Crippen LogP contribution in [-0.2, 0) is 16.8 Å².